The predicted octanol–water partition coefficient (Wildman–Crippen LogP) is 0.994. The number of carbonyl (C=O) groups is 2. The van der Waals surface area contributed by atoms with Crippen LogP contribution in [0.4, 0.5) is 0 Å². The Bertz CT molecular complexity index is 485. The van der Waals surface area contributed by atoms with E-state index in [9.17, 15) is 14.7 Å². The van der Waals surface area contributed by atoms with Crippen LogP contribution >= 0.6 is 0 Å². The fourth-order valence-corrected chi connectivity index (χ4v) is 2.32. The Kier molecular flexibility index (Phi) is 6.36. The van der Waals surface area contributed by atoms with Gasteiger partial charge in [-0.1, -0.05) is 30.3 Å². The molecule has 0 aromatic heterocycles. The molecule has 1 heterocycles. The molecule has 120 valence electrons. The van der Waals surface area contributed by atoms with Crippen molar-refractivity contribution in [2.24, 2.45) is 0 Å². The maximum absolute atomic E-state index is 11.9. The molecule has 1 aliphatic rings. The smallest absolute Gasteiger partial charge is 0.326 e. The Hall–Kier alpha value is -1.92. The number of carbonyl (C=O) groups excluding carboxylic acids is 1. The molecule has 1 atom stereocenters. The molecule has 0 bridgehead atoms. The van der Waals surface area contributed by atoms with E-state index in [1.165, 1.54) is 0 Å². The maximum atomic E-state index is 11.9. The second kappa shape index (κ2) is 8.51. The van der Waals surface area contributed by atoms with Gasteiger partial charge in [-0.3, -0.25) is 4.79 Å². The van der Waals surface area contributed by atoms with Gasteiger partial charge in [0, 0.05) is 19.6 Å². The van der Waals surface area contributed by atoms with E-state index in [4.69, 9.17) is 9.47 Å². The second-order valence-electron chi connectivity index (χ2n) is 5.27. The topological polar surface area (TPSA) is 84.9 Å². The SMILES string of the molecule is O=C(COC1CCOCC1)N[C@@H](Cc1ccccc1)C(=O)O. The number of ether oxygens (including phenoxy) is 2. The highest BCUT2D eigenvalue weighted by molar-refractivity contribution is 5.84. The number of carboxylic acids is 1. The molecule has 0 unspecified atom stereocenters. The van der Waals surface area contributed by atoms with Crippen LogP contribution in [-0.4, -0.2) is 48.9 Å². The van der Waals surface area contributed by atoms with Gasteiger partial charge >= 0.3 is 5.97 Å². The largest absolute Gasteiger partial charge is 0.480 e. The Balaban J connectivity index is 1.79. The number of rotatable bonds is 7. The molecular formula is C16H21NO5. The summed E-state index contributed by atoms with van der Waals surface area (Å²) in [7, 11) is 0. The van der Waals surface area contributed by atoms with Gasteiger partial charge in [0.05, 0.1) is 6.10 Å². The summed E-state index contributed by atoms with van der Waals surface area (Å²) in [5, 5.41) is 11.7. The lowest BCUT2D eigenvalue weighted by atomic mass is 10.1. The summed E-state index contributed by atoms with van der Waals surface area (Å²) in [6, 6.07) is 8.25. The number of amides is 1. The summed E-state index contributed by atoms with van der Waals surface area (Å²) in [6.45, 7) is 1.15. The van der Waals surface area contributed by atoms with E-state index in [1.807, 2.05) is 30.3 Å². The third-order valence-corrected chi connectivity index (χ3v) is 3.53. The summed E-state index contributed by atoms with van der Waals surface area (Å²) in [5.74, 6) is -1.46. The van der Waals surface area contributed by atoms with Gasteiger partial charge in [-0.2, -0.15) is 0 Å². The summed E-state index contributed by atoms with van der Waals surface area (Å²) < 4.78 is 10.7. The lowest BCUT2D eigenvalue weighted by Gasteiger charge is -2.22. The van der Waals surface area contributed by atoms with Crippen molar-refractivity contribution in [3.8, 4) is 0 Å². The molecule has 1 aromatic carbocycles. The molecule has 1 fully saturated rings. The third-order valence-electron chi connectivity index (χ3n) is 3.53. The molecule has 1 aliphatic heterocycles. The lowest BCUT2D eigenvalue weighted by molar-refractivity contribution is -0.143. The van der Waals surface area contributed by atoms with Gasteiger partial charge in [0.25, 0.3) is 0 Å². The van der Waals surface area contributed by atoms with Gasteiger partial charge in [0.2, 0.25) is 5.91 Å². The van der Waals surface area contributed by atoms with Crippen LogP contribution in [-0.2, 0) is 25.5 Å². The minimum Gasteiger partial charge on any atom is -0.480 e. The summed E-state index contributed by atoms with van der Waals surface area (Å²) in [5.41, 5.74) is 0.862. The monoisotopic (exact) mass is 307 g/mol. The van der Waals surface area contributed by atoms with Crippen molar-refractivity contribution < 1.29 is 24.2 Å². The zero-order chi connectivity index (χ0) is 15.8. The van der Waals surface area contributed by atoms with Crippen LogP contribution in [0.1, 0.15) is 18.4 Å². The van der Waals surface area contributed by atoms with Crippen LogP contribution in [0.3, 0.4) is 0 Å². The zero-order valence-corrected chi connectivity index (χ0v) is 12.4. The van der Waals surface area contributed by atoms with E-state index in [0.29, 0.717) is 13.2 Å². The fourth-order valence-electron chi connectivity index (χ4n) is 2.32. The Labute approximate surface area is 129 Å². The number of hydrogen-bond acceptors (Lipinski definition) is 4. The lowest BCUT2D eigenvalue weighted by Crippen LogP contribution is -2.44. The van der Waals surface area contributed by atoms with E-state index >= 15 is 0 Å². The first-order valence-electron chi connectivity index (χ1n) is 7.40. The van der Waals surface area contributed by atoms with Crippen molar-refractivity contribution in [1.82, 2.24) is 5.32 Å². The number of benzene rings is 1. The van der Waals surface area contributed by atoms with Crippen LogP contribution in [0.5, 0.6) is 0 Å². The molecule has 2 N–H and O–H groups in total. The predicted molar refractivity (Wildman–Crippen MR) is 79.5 cm³/mol. The van der Waals surface area contributed by atoms with E-state index in [-0.39, 0.29) is 19.1 Å². The number of carboxylic acid groups (broad SMARTS) is 1. The molecule has 22 heavy (non-hydrogen) atoms. The first kappa shape index (κ1) is 16.5. The van der Waals surface area contributed by atoms with Crippen LogP contribution < -0.4 is 5.32 Å². The van der Waals surface area contributed by atoms with Crippen LogP contribution in [0, 0.1) is 0 Å². The van der Waals surface area contributed by atoms with Gasteiger partial charge in [0.1, 0.15) is 12.6 Å². The average molecular weight is 307 g/mol. The highest BCUT2D eigenvalue weighted by atomic mass is 16.5. The molecular weight excluding hydrogens is 286 g/mol. The molecule has 6 nitrogen and oxygen atoms in total. The number of nitrogens with one attached hydrogen (secondary N) is 1. The molecule has 2 rings (SSSR count). The second-order valence-corrected chi connectivity index (χ2v) is 5.27. The van der Waals surface area contributed by atoms with Gasteiger partial charge in [0.15, 0.2) is 0 Å². The summed E-state index contributed by atoms with van der Waals surface area (Å²) in [6.07, 6.45) is 1.79. The van der Waals surface area contributed by atoms with Crippen molar-refractivity contribution in [2.75, 3.05) is 19.8 Å². The quantitative estimate of drug-likeness (QED) is 0.785. The molecule has 0 radical (unpaired) electrons. The van der Waals surface area contributed by atoms with E-state index in [0.717, 1.165) is 18.4 Å². The Morgan fingerprint density at radius 3 is 2.59 bits per heavy atom. The van der Waals surface area contributed by atoms with Crippen molar-refractivity contribution in [2.45, 2.75) is 31.4 Å². The van der Waals surface area contributed by atoms with Gasteiger partial charge in [-0.15, -0.1) is 0 Å². The van der Waals surface area contributed by atoms with E-state index < -0.39 is 17.9 Å². The van der Waals surface area contributed by atoms with Crippen LogP contribution in [0.25, 0.3) is 0 Å². The van der Waals surface area contributed by atoms with Crippen molar-refractivity contribution in [1.29, 1.82) is 0 Å². The van der Waals surface area contributed by atoms with Crippen LogP contribution in [0.2, 0.25) is 0 Å². The highest BCUT2D eigenvalue weighted by Gasteiger charge is 2.21. The highest BCUT2D eigenvalue weighted by Crippen LogP contribution is 2.10. The first-order valence-corrected chi connectivity index (χ1v) is 7.40. The van der Waals surface area contributed by atoms with Crippen LogP contribution in [0.15, 0.2) is 30.3 Å². The average Bonchev–Trinajstić information content (AvgIpc) is 2.54. The Morgan fingerprint density at radius 1 is 1.27 bits per heavy atom. The third kappa shape index (κ3) is 5.46. The van der Waals surface area contributed by atoms with Crippen molar-refractivity contribution in [3.63, 3.8) is 0 Å². The standard InChI is InChI=1S/C16H21NO5/c18-15(11-22-13-6-8-21-9-7-13)17-14(16(19)20)10-12-4-2-1-3-5-12/h1-5,13-14H,6-11H2,(H,17,18)(H,19,20)/t14-/m0/s1. The molecule has 1 aromatic rings. The van der Waals surface area contributed by atoms with Crippen molar-refractivity contribution >= 4 is 11.9 Å². The maximum Gasteiger partial charge on any atom is 0.326 e. The number of aliphatic carboxylic acids is 1. The van der Waals surface area contributed by atoms with Crippen molar-refractivity contribution in [3.05, 3.63) is 35.9 Å². The molecule has 0 aliphatic carbocycles. The van der Waals surface area contributed by atoms with E-state index in [1.54, 1.807) is 0 Å². The molecule has 6 heteroatoms. The van der Waals surface area contributed by atoms with Gasteiger partial charge < -0.3 is 19.9 Å². The summed E-state index contributed by atoms with van der Waals surface area (Å²) in [4.78, 5) is 23.1. The first-order chi connectivity index (χ1) is 10.6. The molecule has 1 amide bonds. The summed E-state index contributed by atoms with van der Waals surface area (Å²) >= 11 is 0. The van der Waals surface area contributed by atoms with E-state index in [2.05, 4.69) is 5.32 Å². The molecule has 0 spiro atoms. The normalized spacial score (nSPS) is 16.9. The Morgan fingerprint density at radius 2 is 1.95 bits per heavy atom. The minimum absolute atomic E-state index is 0.0110. The van der Waals surface area contributed by atoms with Gasteiger partial charge in [-0.25, -0.2) is 4.79 Å². The minimum atomic E-state index is -1.05. The number of hydrogen-bond donors (Lipinski definition) is 2. The fraction of sp³-hybridized carbons (Fsp3) is 0.500. The molecule has 0 saturated carbocycles. The van der Waals surface area contributed by atoms with Gasteiger partial charge in [-0.05, 0) is 18.4 Å². The molecule has 1 saturated heterocycles. The zero-order valence-electron chi connectivity index (χ0n) is 12.4.